The van der Waals surface area contributed by atoms with Crippen molar-refractivity contribution in [3.8, 4) is 0 Å². The molecule has 2 heterocycles. The summed E-state index contributed by atoms with van der Waals surface area (Å²) in [6.07, 6.45) is 6.92. The number of benzene rings is 2. The van der Waals surface area contributed by atoms with Gasteiger partial charge in [-0.05, 0) is 30.4 Å². The molecule has 26 heavy (non-hydrogen) atoms. The Labute approximate surface area is 153 Å². The first-order chi connectivity index (χ1) is 12.8. The maximum Gasteiger partial charge on any atom is 0.149 e. The topological polar surface area (TPSA) is 53.6 Å². The first kappa shape index (κ1) is 15.4. The summed E-state index contributed by atoms with van der Waals surface area (Å²) in [5, 5.41) is 3.45. The van der Waals surface area contributed by atoms with Crippen molar-refractivity contribution in [2.75, 3.05) is 6.54 Å². The molecule has 0 aromatic heterocycles. The highest BCUT2D eigenvalue weighted by molar-refractivity contribution is 5.82. The van der Waals surface area contributed by atoms with Gasteiger partial charge in [0.15, 0.2) is 0 Å². The average Bonchev–Trinajstić information content (AvgIpc) is 3.25. The van der Waals surface area contributed by atoms with Crippen molar-refractivity contribution in [1.29, 1.82) is 0 Å². The number of hydrogen-bond donors (Lipinski definition) is 2. The molecule has 0 saturated carbocycles. The number of aryl methyl sites for hydroxylation is 1. The van der Waals surface area contributed by atoms with Crippen molar-refractivity contribution in [1.82, 2.24) is 10.2 Å². The lowest BCUT2D eigenvalue weighted by Gasteiger charge is -2.36. The van der Waals surface area contributed by atoms with E-state index in [1.807, 2.05) is 12.4 Å². The molecular formula is C22H22N4. The Hall–Kier alpha value is -2.85. The zero-order valence-corrected chi connectivity index (χ0v) is 14.7. The number of nitrogens with one attached hydrogen (secondary N) is 1. The number of nitrogens with two attached hydrogens (primary N) is 1. The second kappa shape index (κ2) is 5.85. The predicted molar refractivity (Wildman–Crippen MR) is 105 cm³/mol. The number of nitrogens with zero attached hydrogens (tertiary/aromatic N) is 2. The summed E-state index contributed by atoms with van der Waals surface area (Å²) in [7, 11) is 0. The Kier molecular flexibility index (Phi) is 3.47. The van der Waals surface area contributed by atoms with Crippen LogP contribution in [0.3, 0.4) is 0 Å². The minimum atomic E-state index is -0.485. The van der Waals surface area contributed by atoms with E-state index in [4.69, 9.17) is 5.73 Å². The number of aliphatic imine (C=N–C) groups is 1. The van der Waals surface area contributed by atoms with Crippen LogP contribution in [0.4, 0.5) is 0 Å². The normalized spacial score (nSPS) is 22.7. The molecule has 0 fully saturated rings. The van der Waals surface area contributed by atoms with Gasteiger partial charge in [0.25, 0.3) is 0 Å². The lowest BCUT2D eigenvalue weighted by molar-refractivity contribution is 0.351. The minimum Gasteiger partial charge on any atom is -0.357 e. The molecule has 5 rings (SSSR count). The Bertz CT molecular complexity index is 942. The third kappa shape index (κ3) is 2.22. The van der Waals surface area contributed by atoms with Crippen LogP contribution in [0.15, 0.2) is 77.3 Å². The summed E-state index contributed by atoms with van der Waals surface area (Å²) in [5.41, 5.74) is 12.7. The molecule has 0 radical (unpaired) electrons. The van der Waals surface area contributed by atoms with Gasteiger partial charge in [0, 0.05) is 18.0 Å². The second-order valence-electron chi connectivity index (χ2n) is 7.15. The predicted octanol–water partition coefficient (Wildman–Crippen LogP) is 3.33. The van der Waals surface area contributed by atoms with Gasteiger partial charge in [-0.25, -0.2) is 4.99 Å². The van der Waals surface area contributed by atoms with Crippen LogP contribution >= 0.6 is 0 Å². The first-order valence-electron chi connectivity index (χ1n) is 9.21. The summed E-state index contributed by atoms with van der Waals surface area (Å²) in [6.45, 7) is 0.790. The first-order valence-corrected chi connectivity index (χ1v) is 9.21. The Morgan fingerprint density at radius 3 is 2.77 bits per heavy atom. The third-order valence-electron chi connectivity index (χ3n) is 5.60. The molecule has 0 bridgehead atoms. The van der Waals surface area contributed by atoms with Gasteiger partial charge < -0.3 is 16.0 Å². The smallest absolute Gasteiger partial charge is 0.149 e. The number of fused-ring (bicyclic) bond motifs is 4. The summed E-state index contributed by atoms with van der Waals surface area (Å²) >= 11 is 0. The second-order valence-corrected chi connectivity index (χ2v) is 7.15. The molecule has 3 N–H and O–H groups in total. The van der Waals surface area contributed by atoms with Gasteiger partial charge in [-0.1, -0.05) is 54.6 Å². The zero-order chi connectivity index (χ0) is 17.6. The Morgan fingerprint density at radius 1 is 1.08 bits per heavy atom. The quantitative estimate of drug-likeness (QED) is 0.896. The van der Waals surface area contributed by atoms with Gasteiger partial charge in [0.2, 0.25) is 0 Å². The van der Waals surface area contributed by atoms with Crippen LogP contribution in [-0.2, 0) is 12.0 Å². The molecule has 2 aromatic rings. The maximum atomic E-state index is 7.12. The van der Waals surface area contributed by atoms with E-state index in [1.54, 1.807) is 0 Å². The molecule has 1 aliphatic carbocycles. The highest BCUT2D eigenvalue weighted by Crippen LogP contribution is 2.49. The fourth-order valence-corrected chi connectivity index (χ4v) is 4.40. The highest BCUT2D eigenvalue weighted by Gasteiger charge is 2.46. The summed E-state index contributed by atoms with van der Waals surface area (Å²) in [5.74, 6) is 0.953. The van der Waals surface area contributed by atoms with Gasteiger partial charge in [-0.2, -0.15) is 0 Å². The lowest BCUT2D eigenvalue weighted by atomic mass is 9.84. The molecule has 2 aliphatic heterocycles. The average molecular weight is 342 g/mol. The van der Waals surface area contributed by atoms with Crippen LogP contribution in [0.25, 0.3) is 5.70 Å². The lowest BCUT2D eigenvalue weighted by Crippen LogP contribution is -2.44. The van der Waals surface area contributed by atoms with E-state index < -0.39 is 5.54 Å². The van der Waals surface area contributed by atoms with Crippen LogP contribution in [0.1, 0.15) is 29.5 Å². The maximum absolute atomic E-state index is 7.12. The highest BCUT2D eigenvalue weighted by atomic mass is 15.3. The van der Waals surface area contributed by atoms with Crippen molar-refractivity contribution < 1.29 is 0 Å². The standard InChI is InChI=1S/C22H22N4/c23-22(12-6-9-16-7-2-1-3-8-16)18-11-5-4-10-17(18)20-21(22)26-14-13-24-19(26)15-25-20/h1-5,7-8,10-11,13,15,25H,6,9,12,14,23H2. The van der Waals surface area contributed by atoms with E-state index in [0.29, 0.717) is 0 Å². The van der Waals surface area contributed by atoms with E-state index in [0.717, 1.165) is 37.3 Å². The van der Waals surface area contributed by atoms with Crippen molar-refractivity contribution in [2.24, 2.45) is 10.7 Å². The van der Waals surface area contributed by atoms with E-state index in [1.165, 1.54) is 22.4 Å². The van der Waals surface area contributed by atoms with Crippen LogP contribution in [0.5, 0.6) is 0 Å². The van der Waals surface area contributed by atoms with Gasteiger partial charge in [0.1, 0.15) is 5.82 Å². The van der Waals surface area contributed by atoms with Crippen LogP contribution < -0.4 is 11.1 Å². The molecule has 2 aromatic carbocycles. The summed E-state index contributed by atoms with van der Waals surface area (Å²) < 4.78 is 0. The molecule has 1 unspecified atom stereocenters. The zero-order valence-electron chi connectivity index (χ0n) is 14.7. The van der Waals surface area contributed by atoms with Crippen LogP contribution in [0, 0.1) is 0 Å². The molecule has 4 heteroatoms. The molecule has 4 nitrogen and oxygen atoms in total. The van der Waals surface area contributed by atoms with E-state index in [9.17, 15) is 0 Å². The van der Waals surface area contributed by atoms with E-state index in [-0.39, 0.29) is 0 Å². The monoisotopic (exact) mass is 342 g/mol. The van der Waals surface area contributed by atoms with Crippen molar-refractivity contribution in [3.63, 3.8) is 0 Å². The van der Waals surface area contributed by atoms with Crippen molar-refractivity contribution in [3.05, 3.63) is 89.0 Å². The minimum absolute atomic E-state index is 0.485. The summed E-state index contributed by atoms with van der Waals surface area (Å²) in [4.78, 5) is 6.74. The van der Waals surface area contributed by atoms with Gasteiger partial charge in [0.05, 0.1) is 23.5 Å². The molecule has 3 aliphatic rings. The van der Waals surface area contributed by atoms with Gasteiger partial charge >= 0.3 is 0 Å². The summed E-state index contributed by atoms with van der Waals surface area (Å²) in [6, 6.07) is 19.2. The molecular weight excluding hydrogens is 320 g/mol. The molecule has 0 amide bonds. The molecule has 130 valence electrons. The molecule has 1 atom stereocenters. The molecule has 0 spiro atoms. The van der Waals surface area contributed by atoms with Crippen molar-refractivity contribution in [2.45, 2.75) is 24.8 Å². The van der Waals surface area contributed by atoms with Crippen LogP contribution in [0.2, 0.25) is 0 Å². The van der Waals surface area contributed by atoms with E-state index >= 15 is 0 Å². The Balaban J connectivity index is 1.48. The fraction of sp³-hybridized carbons (Fsp3) is 0.227. The van der Waals surface area contributed by atoms with E-state index in [2.05, 4.69) is 69.8 Å². The Morgan fingerprint density at radius 2 is 1.88 bits per heavy atom. The number of rotatable bonds is 4. The third-order valence-corrected chi connectivity index (χ3v) is 5.60. The fourth-order valence-electron chi connectivity index (χ4n) is 4.40. The van der Waals surface area contributed by atoms with Gasteiger partial charge in [-0.3, -0.25) is 0 Å². The largest absolute Gasteiger partial charge is 0.357 e. The van der Waals surface area contributed by atoms with Gasteiger partial charge in [-0.15, -0.1) is 0 Å². The SMILES string of the molecule is NC1(CCCc2ccccc2)C2=C(NC=C3N=CCN32)c2ccccc21. The van der Waals surface area contributed by atoms with Crippen molar-refractivity contribution >= 4 is 11.9 Å². The molecule has 0 saturated heterocycles. The number of hydrogen-bond acceptors (Lipinski definition) is 4. The van der Waals surface area contributed by atoms with Crippen LogP contribution in [-0.4, -0.2) is 17.7 Å².